The quantitative estimate of drug-likeness (QED) is 0.582. The average Bonchev–Trinajstić information content (AvgIpc) is 2.41. The standard InChI is InChI=1S/C7H16O3.C6H14O2/c1-6(4-8)10-5-7(2)9-3;1-2-3-5-8-6-4-7/h6-8H,4-5H2,1-3H3;7H,2-6H2,1H3. The Bertz CT molecular complexity index is 127. The summed E-state index contributed by atoms with van der Waals surface area (Å²) < 4.78 is 15.1. The summed E-state index contributed by atoms with van der Waals surface area (Å²) in [5.74, 6) is 0. The van der Waals surface area contributed by atoms with Gasteiger partial charge in [-0.2, -0.15) is 0 Å². The topological polar surface area (TPSA) is 68.2 Å². The van der Waals surface area contributed by atoms with Crippen molar-refractivity contribution in [2.45, 2.75) is 45.8 Å². The minimum atomic E-state index is -0.0856. The van der Waals surface area contributed by atoms with E-state index in [9.17, 15) is 0 Å². The highest BCUT2D eigenvalue weighted by Crippen LogP contribution is 1.93. The minimum absolute atomic E-state index is 0.0659. The number of methoxy groups -OCH3 is 1. The molecule has 0 saturated carbocycles. The molecule has 2 atom stereocenters. The Labute approximate surface area is 111 Å². The molecule has 0 aromatic heterocycles. The number of ether oxygens (including phenoxy) is 3. The lowest BCUT2D eigenvalue weighted by atomic mass is 10.4. The zero-order valence-electron chi connectivity index (χ0n) is 12.2. The van der Waals surface area contributed by atoms with Gasteiger partial charge in [0.05, 0.1) is 38.6 Å². The first kappa shape index (κ1) is 20.1. The van der Waals surface area contributed by atoms with E-state index in [0.717, 1.165) is 19.4 Å². The van der Waals surface area contributed by atoms with Crippen molar-refractivity contribution >= 4 is 0 Å². The van der Waals surface area contributed by atoms with E-state index >= 15 is 0 Å². The van der Waals surface area contributed by atoms with Crippen LogP contribution in [0.2, 0.25) is 0 Å². The van der Waals surface area contributed by atoms with Crippen molar-refractivity contribution in [3.8, 4) is 0 Å². The first-order valence-corrected chi connectivity index (χ1v) is 6.56. The van der Waals surface area contributed by atoms with Gasteiger partial charge in [0.1, 0.15) is 0 Å². The fourth-order valence-corrected chi connectivity index (χ4v) is 0.834. The Balaban J connectivity index is 0. The molecule has 0 aromatic rings. The van der Waals surface area contributed by atoms with Crippen LogP contribution in [0, 0.1) is 0 Å². The van der Waals surface area contributed by atoms with E-state index < -0.39 is 0 Å². The van der Waals surface area contributed by atoms with Gasteiger partial charge in [-0.05, 0) is 20.3 Å². The zero-order valence-corrected chi connectivity index (χ0v) is 12.2. The van der Waals surface area contributed by atoms with Gasteiger partial charge in [-0.25, -0.2) is 0 Å². The Kier molecular flexibility index (Phi) is 18.8. The van der Waals surface area contributed by atoms with Crippen LogP contribution in [0.4, 0.5) is 0 Å². The number of aliphatic hydroxyl groups excluding tert-OH is 2. The third-order valence-electron chi connectivity index (χ3n) is 2.15. The summed E-state index contributed by atoms with van der Waals surface area (Å²) in [5.41, 5.74) is 0. The van der Waals surface area contributed by atoms with Crippen molar-refractivity contribution in [3.63, 3.8) is 0 Å². The van der Waals surface area contributed by atoms with Crippen LogP contribution in [0.1, 0.15) is 33.6 Å². The highest BCUT2D eigenvalue weighted by atomic mass is 16.5. The SMILES string of the molecule is CCCCOCCO.COC(C)COC(C)CO. The summed E-state index contributed by atoms with van der Waals surface area (Å²) >= 11 is 0. The Morgan fingerprint density at radius 1 is 1.06 bits per heavy atom. The number of hydrogen-bond acceptors (Lipinski definition) is 5. The van der Waals surface area contributed by atoms with Gasteiger partial charge in [-0.1, -0.05) is 13.3 Å². The van der Waals surface area contributed by atoms with Gasteiger partial charge in [-0.15, -0.1) is 0 Å². The lowest BCUT2D eigenvalue weighted by Gasteiger charge is -2.13. The molecule has 0 radical (unpaired) electrons. The van der Waals surface area contributed by atoms with Gasteiger partial charge in [0.2, 0.25) is 0 Å². The first-order chi connectivity index (χ1) is 8.62. The van der Waals surface area contributed by atoms with Crippen molar-refractivity contribution < 1.29 is 24.4 Å². The minimum Gasteiger partial charge on any atom is -0.394 e. The van der Waals surface area contributed by atoms with Crippen LogP contribution in [-0.4, -0.2) is 62.6 Å². The maximum absolute atomic E-state index is 8.55. The van der Waals surface area contributed by atoms with E-state index in [4.69, 9.17) is 24.4 Å². The van der Waals surface area contributed by atoms with Crippen LogP contribution >= 0.6 is 0 Å². The van der Waals surface area contributed by atoms with E-state index in [-0.39, 0.29) is 25.4 Å². The fourth-order valence-electron chi connectivity index (χ4n) is 0.834. The van der Waals surface area contributed by atoms with E-state index in [2.05, 4.69) is 6.92 Å². The third-order valence-corrected chi connectivity index (χ3v) is 2.15. The van der Waals surface area contributed by atoms with Gasteiger partial charge < -0.3 is 24.4 Å². The number of unbranched alkanes of at least 4 members (excludes halogenated alkanes) is 1. The second-order valence-electron chi connectivity index (χ2n) is 4.06. The normalized spacial score (nSPS) is 13.7. The summed E-state index contributed by atoms with van der Waals surface area (Å²) in [7, 11) is 1.64. The summed E-state index contributed by atoms with van der Waals surface area (Å²) in [6.45, 7) is 7.88. The molecule has 0 aromatic carbocycles. The van der Waals surface area contributed by atoms with Crippen LogP contribution in [0.15, 0.2) is 0 Å². The van der Waals surface area contributed by atoms with E-state index in [0.29, 0.717) is 13.2 Å². The van der Waals surface area contributed by atoms with Crippen LogP contribution < -0.4 is 0 Å². The van der Waals surface area contributed by atoms with Crippen molar-refractivity contribution in [2.75, 3.05) is 40.1 Å². The van der Waals surface area contributed by atoms with Gasteiger partial charge in [0.15, 0.2) is 0 Å². The molecule has 2 N–H and O–H groups in total. The van der Waals surface area contributed by atoms with Crippen molar-refractivity contribution in [1.82, 2.24) is 0 Å². The number of hydrogen-bond donors (Lipinski definition) is 2. The molecule has 5 nitrogen and oxygen atoms in total. The Morgan fingerprint density at radius 3 is 2.17 bits per heavy atom. The van der Waals surface area contributed by atoms with Gasteiger partial charge >= 0.3 is 0 Å². The molecule has 0 spiro atoms. The molecule has 0 fully saturated rings. The number of rotatable bonds is 10. The molecule has 0 bridgehead atoms. The molecule has 0 heterocycles. The maximum Gasteiger partial charge on any atom is 0.0779 e. The Hall–Kier alpha value is -0.200. The van der Waals surface area contributed by atoms with Crippen molar-refractivity contribution in [1.29, 1.82) is 0 Å². The molecule has 0 aliphatic carbocycles. The van der Waals surface area contributed by atoms with Gasteiger partial charge in [-0.3, -0.25) is 0 Å². The molecule has 0 rings (SSSR count). The molecule has 18 heavy (non-hydrogen) atoms. The third kappa shape index (κ3) is 18.2. The summed E-state index contributed by atoms with van der Waals surface area (Å²) in [6.07, 6.45) is 2.28. The molecular formula is C13H30O5. The summed E-state index contributed by atoms with van der Waals surface area (Å²) in [6, 6.07) is 0. The summed E-state index contributed by atoms with van der Waals surface area (Å²) in [5, 5.41) is 16.8. The zero-order chi connectivity index (χ0) is 14.2. The highest BCUT2D eigenvalue weighted by molar-refractivity contribution is 4.49. The molecular weight excluding hydrogens is 236 g/mol. The molecule has 0 aliphatic rings. The van der Waals surface area contributed by atoms with Crippen LogP contribution in [-0.2, 0) is 14.2 Å². The van der Waals surface area contributed by atoms with Crippen LogP contribution in [0.3, 0.4) is 0 Å². The predicted molar refractivity (Wildman–Crippen MR) is 71.8 cm³/mol. The molecule has 0 aliphatic heterocycles. The van der Waals surface area contributed by atoms with Crippen LogP contribution in [0.25, 0.3) is 0 Å². The van der Waals surface area contributed by atoms with Crippen molar-refractivity contribution in [2.24, 2.45) is 0 Å². The molecule has 0 saturated heterocycles. The van der Waals surface area contributed by atoms with Gasteiger partial charge in [0, 0.05) is 13.7 Å². The maximum atomic E-state index is 8.55. The van der Waals surface area contributed by atoms with E-state index in [1.807, 2.05) is 13.8 Å². The highest BCUT2D eigenvalue weighted by Gasteiger charge is 2.03. The van der Waals surface area contributed by atoms with E-state index in [1.54, 1.807) is 7.11 Å². The molecule has 2 unspecified atom stereocenters. The average molecular weight is 266 g/mol. The lowest BCUT2D eigenvalue weighted by molar-refractivity contribution is -0.0313. The monoisotopic (exact) mass is 266 g/mol. The predicted octanol–water partition coefficient (Wildman–Crippen LogP) is 1.21. The smallest absolute Gasteiger partial charge is 0.0779 e. The van der Waals surface area contributed by atoms with Crippen molar-refractivity contribution in [3.05, 3.63) is 0 Å². The fraction of sp³-hybridized carbons (Fsp3) is 1.00. The largest absolute Gasteiger partial charge is 0.394 e. The first-order valence-electron chi connectivity index (χ1n) is 6.56. The second-order valence-corrected chi connectivity index (χ2v) is 4.06. The lowest BCUT2D eigenvalue weighted by Crippen LogP contribution is -2.21. The summed E-state index contributed by atoms with van der Waals surface area (Å²) in [4.78, 5) is 0. The second kappa shape index (κ2) is 16.8. The van der Waals surface area contributed by atoms with Crippen LogP contribution in [0.5, 0.6) is 0 Å². The molecule has 0 amide bonds. The van der Waals surface area contributed by atoms with E-state index in [1.165, 1.54) is 0 Å². The van der Waals surface area contributed by atoms with Gasteiger partial charge in [0.25, 0.3) is 0 Å². The Morgan fingerprint density at radius 2 is 1.72 bits per heavy atom. The number of aliphatic hydroxyl groups is 2. The molecule has 112 valence electrons. The molecule has 5 heteroatoms.